The first kappa shape index (κ1) is 25.7. The van der Waals surface area contributed by atoms with Gasteiger partial charge in [0.05, 0.1) is 15.7 Å². The third kappa shape index (κ3) is 7.07. The number of nitrogens with one attached hydrogen (secondary N) is 1. The number of carbonyl (C=O) groups excluding carboxylic acids is 1. The molecular weight excluding hydrogens is 477 g/mol. The van der Waals surface area contributed by atoms with Gasteiger partial charge in [0.15, 0.2) is 0 Å². The molecule has 1 aliphatic rings. The van der Waals surface area contributed by atoms with Crippen LogP contribution < -0.4 is 5.32 Å². The van der Waals surface area contributed by atoms with Gasteiger partial charge in [-0.2, -0.15) is 0 Å². The Morgan fingerprint density at radius 1 is 1.03 bits per heavy atom. The maximum absolute atomic E-state index is 12.5. The fourth-order valence-electron chi connectivity index (χ4n) is 4.67. The number of pyridine rings is 1. The number of hydrogen-bond donors (Lipinski definition) is 1. The van der Waals surface area contributed by atoms with E-state index in [1.807, 2.05) is 54.6 Å². The van der Waals surface area contributed by atoms with Crippen LogP contribution >= 0.6 is 23.2 Å². The van der Waals surface area contributed by atoms with E-state index >= 15 is 0 Å². The van der Waals surface area contributed by atoms with Gasteiger partial charge in [-0.1, -0.05) is 60.5 Å². The van der Waals surface area contributed by atoms with Crippen LogP contribution in [0.3, 0.4) is 0 Å². The highest BCUT2D eigenvalue weighted by Crippen LogP contribution is 2.50. The number of hydrogen-bond acceptors (Lipinski definition) is 3. The van der Waals surface area contributed by atoms with Crippen LogP contribution in [-0.4, -0.2) is 42.0 Å². The molecular formula is C29H33Cl2N3O. The summed E-state index contributed by atoms with van der Waals surface area (Å²) in [6.45, 7) is 6.16. The van der Waals surface area contributed by atoms with E-state index < -0.39 is 0 Å². The monoisotopic (exact) mass is 509 g/mol. The van der Waals surface area contributed by atoms with Crippen molar-refractivity contribution in [2.24, 2.45) is 5.92 Å². The molecule has 4 rings (SSSR count). The SMILES string of the molecule is CCCN(CCCCNC(=O)c1ccc(-c2ccccn2)cc1)C[C@H]1C[C@@H]1c1cccc(Cl)c1Cl. The zero-order chi connectivity index (χ0) is 24.6. The lowest BCUT2D eigenvalue weighted by molar-refractivity contribution is 0.0952. The number of carbonyl (C=O) groups is 1. The van der Waals surface area contributed by atoms with E-state index in [1.54, 1.807) is 6.20 Å². The van der Waals surface area contributed by atoms with E-state index in [2.05, 4.69) is 28.2 Å². The van der Waals surface area contributed by atoms with Crippen LogP contribution in [0.2, 0.25) is 10.0 Å². The smallest absolute Gasteiger partial charge is 0.251 e. The van der Waals surface area contributed by atoms with Crippen molar-refractivity contribution >= 4 is 29.1 Å². The van der Waals surface area contributed by atoms with Crippen molar-refractivity contribution < 1.29 is 4.79 Å². The molecule has 1 heterocycles. The van der Waals surface area contributed by atoms with Crippen LogP contribution in [0.4, 0.5) is 0 Å². The van der Waals surface area contributed by atoms with Gasteiger partial charge in [-0.05, 0) is 86.5 Å². The van der Waals surface area contributed by atoms with Crippen LogP contribution in [-0.2, 0) is 0 Å². The molecule has 0 spiro atoms. The Hall–Kier alpha value is -2.40. The van der Waals surface area contributed by atoms with Crippen molar-refractivity contribution in [3.63, 3.8) is 0 Å². The third-order valence-corrected chi connectivity index (χ3v) is 7.46. The first-order valence-electron chi connectivity index (χ1n) is 12.5. The highest BCUT2D eigenvalue weighted by atomic mass is 35.5. The van der Waals surface area contributed by atoms with Gasteiger partial charge in [-0.3, -0.25) is 9.78 Å². The lowest BCUT2D eigenvalue weighted by Crippen LogP contribution is -2.29. The lowest BCUT2D eigenvalue weighted by atomic mass is 10.1. The van der Waals surface area contributed by atoms with Gasteiger partial charge in [0, 0.05) is 30.4 Å². The molecule has 0 saturated heterocycles. The largest absolute Gasteiger partial charge is 0.352 e. The predicted octanol–water partition coefficient (Wildman–Crippen LogP) is 7.08. The summed E-state index contributed by atoms with van der Waals surface area (Å²) >= 11 is 12.6. The van der Waals surface area contributed by atoms with Crippen molar-refractivity contribution in [1.29, 1.82) is 0 Å². The Kier molecular flexibility index (Phi) is 9.19. The van der Waals surface area contributed by atoms with Gasteiger partial charge in [0.2, 0.25) is 0 Å². The van der Waals surface area contributed by atoms with Gasteiger partial charge < -0.3 is 10.2 Å². The van der Waals surface area contributed by atoms with Gasteiger partial charge >= 0.3 is 0 Å². The molecule has 0 bridgehead atoms. The Balaban J connectivity index is 1.17. The molecule has 2 aromatic carbocycles. The summed E-state index contributed by atoms with van der Waals surface area (Å²) in [7, 11) is 0. The van der Waals surface area contributed by atoms with Crippen molar-refractivity contribution in [3.8, 4) is 11.3 Å². The summed E-state index contributed by atoms with van der Waals surface area (Å²) in [4.78, 5) is 19.4. The molecule has 0 aliphatic heterocycles. The quantitative estimate of drug-likeness (QED) is 0.265. The Labute approximate surface area is 218 Å². The number of aromatic nitrogens is 1. The minimum absolute atomic E-state index is 0.0257. The van der Waals surface area contributed by atoms with Gasteiger partial charge in [-0.25, -0.2) is 0 Å². The highest BCUT2D eigenvalue weighted by molar-refractivity contribution is 6.42. The molecule has 0 radical (unpaired) electrons. The molecule has 1 aliphatic carbocycles. The van der Waals surface area contributed by atoms with Crippen LogP contribution in [0.15, 0.2) is 66.9 Å². The van der Waals surface area contributed by atoms with E-state index in [9.17, 15) is 4.79 Å². The maximum atomic E-state index is 12.5. The van der Waals surface area contributed by atoms with E-state index in [1.165, 1.54) is 12.0 Å². The van der Waals surface area contributed by atoms with Crippen LogP contribution in [0.25, 0.3) is 11.3 Å². The molecule has 3 aromatic rings. The summed E-state index contributed by atoms with van der Waals surface area (Å²) in [5, 5.41) is 4.42. The molecule has 1 fully saturated rings. The molecule has 1 aromatic heterocycles. The minimum atomic E-state index is -0.0257. The summed E-state index contributed by atoms with van der Waals surface area (Å²) < 4.78 is 0. The number of nitrogens with zero attached hydrogens (tertiary/aromatic N) is 2. The molecule has 6 heteroatoms. The minimum Gasteiger partial charge on any atom is -0.352 e. The molecule has 184 valence electrons. The number of unbranched alkanes of at least 4 members (excludes halogenated alkanes) is 1. The Bertz CT molecular complexity index is 1100. The Morgan fingerprint density at radius 3 is 2.60 bits per heavy atom. The first-order chi connectivity index (χ1) is 17.1. The van der Waals surface area contributed by atoms with Crippen LogP contribution in [0.1, 0.15) is 54.4 Å². The number of rotatable bonds is 12. The second-order valence-corrected chi connectivity index (χ2v) is 10.1. The number of halogens is 2. The van der Waals surface area contributed by atoms with E-state index in [-0.39, 0.29) is 5.91 Å². The lowest BCUT2D eigenvalue weighted by Gasteiger charge is -2.22. The zero-order valence-corrected chi connectivity index (χ0v) is 21.7. The fraction of sp³-hybridized carbons (Fsp3) is 0.379. The average Bonchev–Trinajstić information content (AvgIpc) is 3.64. The molecule has 1 N–H and O–H groups in total. The van der Waals surface area contributed by atoms with Crippen molar-refractivity contribution in [2.75, 3.05) is 26.2 Å². The highest BCUT2D eigenvalue weighted by Gasteiger charge is 2.40. The first-order valence-corrected chi connectivity index (χ1v) is 13.3. The number of benzene rings is 2. The average molecular weight is 511 g/mol. The zero-order valence-electron chi connectivity index (χ0n) is 20.2. The third-order valence-electron chi connectivity index (χ3n) is 6.63. The van der Waals surface area contributed by atoms with E-state index in [0.29, 0.717) is 34.0 Å². The van der Waals surface area contributed by atoms with Crippen LogP contribution in [0, 0.1) is 5.92 Å². The standard InChI is InChI=1S/C29H33Cl2N3O/c1-2-17-34(20-23-19-25(23)24-8-7-9-26(30)28(24)31)18-6-5-16-33-29(35)22-13-11-21(12-14-22)27-10-3-4-15-32-27/h3-4,7-15,23,25H,2,5-6,16-20H2,1H3,(H,33,35)/t23-,25+/m1/s1. The Morgan fingerprint density at radius 2 is 1.86 bits per heavy atom. The normalized spacial score (nSPS) is 16.9. The van der Waals surface area contributed by atoms with Gasteiger partial charge in [0.25, 0.3) is 5.91 Å². The van der Waals surface area contributed by atoms with Crippen LogP contribution in [0.5, 0.6) is 0 Å². The summed E-state index contributed by atoms with van der Waals surface area (Å²) in [5.41, 5.74) is 3.78. The van der Waals surface area contributed by atoms with Crippen molar-refractivity contribution in [3.05, 3.63) is 88.0 Å². The molecule has 4 nitrogen and oxygen atoms in total. The molecule has 1 saturated carbocycles. The molecule has 35 heavy (non-hydrogen) atoms. The number of amides is 1. The second-order valence-electron chi connectivity index (χ2n) is 9.30. The van der Waals surface area contributed by atoms with Crippen molar-refractivity contribution in [2.45, 2.75) is 38.5 Å². The summed E-state index contributed by atoms with van der Waals surface area (Å²) in [5.74, 6) is 1.14. The second kappa shape index (κ2) is 12.5. The molecule has 2 atom stereocenters. The summed E-state index contributed by atoms with van der Waals surface area (Å²) in [6.07, 6.45) is 6.12. The van der Waals surface area contributed by atoms with Crippen molar-refractivity contribution in [1.82, 2.24) is 15.2 Å². The molecule has 1 amide bonds. The van der Waals surface area contributed by atoms with Gasteiger partial charge in [0.1, 0.15) is 0 Å². The van der Waals surface area contributed by atoms with E-state index in [4.69, 9.17) is 23.2 Å². The van der Waals surface area contributed by atoms with E-state index in [0.717, 1.165) is 50.2 Å². The fourth-order valence-corrected chi connectivity index (χ4v) is 5.12. The van der Waals surface area contributed by atoms with Gasteiger partial charge in [-0.15, -0.1) is 0 Å². The summed E-state index contributed by atoms with van der Waals surface area (Å²) in [6, 6.07) is 19.4. The topological polar surface area (TPSA) is 45.2 Å². The molecule has 0 unspecified atom stereocenters. The maximum Gasteiger partial charge on any atom is 0.251 e. The predicted molar refractivity (Wildman–Crippen MR) is 145 cm³/mol.